The van der Waals surface area contributed by atoms with E-state index in [1.807, 2.05) is 24.3 Å². The van der Waals surface area contributed by atoms with Crippen LogP contribution in [0, 0.1) is 10.1 Å². The summed E-state index contributed by atoms with van der Waals surface area (Å²) in [6.45, 7) is 1.71. The van der Waals surface area contributed by atoms with Gasteiger partial charge in [0, 0.05) is 36.8 Å². The van der Waals surface area contributed by atoms with E-state index < -0.39 is 4.92 Å². The van der Waals surface area contributed by atoms with E-state index in [2.05, 4.69) is 5.32 Å². The summed E-state index contributed by atoms with van der Waals surface area (Å²) in [5.41, 5.74) is 0.917. The Kier molecular flexibility index (Phi) is 7.19. The molecule has 150 valence electrons. The van der Waals surface area contributed by atoms with Gasteiger partial charge < -0.3 is 19.7 Å². The zero-order valence-corrected chi connectivity index (χ0v) is 16.4. The first-order valence-corrected chi connectivity index (χ1v) is 8.54. The summed E-state index contributed by atoms with van der Waals surface area (Å²) in [4.78, 5) is 25.6. The SMILES string of the molecule is COc1ccccc1C1CNCCN1C(=O)c1ccc(OC)c([N+](=O)[O-])c1.Cl. The highest BCUT2D eigenvalue weighted by atomic mass is 35.5. The average molecular weight is 408 g/mol. The molecule has 9 heteroatoms. The number of nitro benzene ring substituents is 1. The molecule has 0 spiro atoms. The van der Waals surface area contributed by atoms with Crippen molar-refractivity contribution in [2.45, 2.75) is 6.04 Å². The van der Waals surface area contributed by atoms with Gasteiger partial charge in [-0.15, -0.1) is 12.4 Å². The molecule has 1 fully saturated rings. The molecular formula is C19H22ClN3O5. The smallest absolute Gasteiger partial charge is 0.311 e. The predicted octanol–water partition coefficient (Wildman–Crippen LogP) is 2.82. The Balaban J connectivity index is 0.00000280. The first kappa shape index (κ1) is 21.5. The van der Waals surface area contributed by atoms with Crippen LogP contribution in [0.4, 0.5) is 5.69 Å². The van der Waals surface area contributed by atoms with E-state index in [0.717, 1.165) is 5.56 Å². The van der Waals surface area contributed by atoms with Crippen LogP contribution in [0.1, 0.15) is 22.0 Å². The molecule has 0 saturated carbocycles. The number of hydrogen-bond donors (Lipinski definition) is 1. The molecule has 0 aliphatic carbocycles. The number of hydrogen-bond acceptors (Lipinski definition) is 6. The van der Waals surface area contributed by atoms with Gasteiger partial charge in [0.2, 0.25) is 0 Å². The van der Waals surface area contributed by atoms with Gasteiger partial charge in [0.05, 0.1) is 25.2 Å². The summed E-state index contributed by atoms with van der Waals surface area (Å²) in [6, 6.07) is 11.6. The Morgan fingerprint density at radius 2 is 1.89 bits per heavy atom. The number of nitrogens with one attached hydrogen (secondary N) is 1. The fourth-order valence-electron chi connectivity index (χ4n) is 3.30. The van der Waals surface area contributed by atoms with E-state index in [0.29, 0.717) is 25.4 Å². The summed E-state index contributed by atoms with van der Waals surface area (Å²) in [7, 11) is 2.95. The van der Waals surface area contributed by atoms with E-state index in [9.17, 15) is 14.9 Å². The fraction of sp³-hybridized carbons (Fsp3) is 0.316. The summed E-state index contributed by atoms with van der Waals surface area (Å²) in [5.74, 6) is 0.556. The Bertz CT molecular complexity index is 861. The van der Waals surface area contributed by atoms with Crippen molar-refractivity contribution < 1.29 is 19.2 Å². The van der Waals surface area contributed by atoms with Crippen LogP contribution < -0.4 is 14.8 Å². The maximum absolute atomic E-state index is 13.2. The minimum Gasteiger partial charge on any atom is -0.496 e. The lowest BCUT2D eigenvalue weighted by atomic mass is 10.0. The number of nitro groups is 1. The van der Waals surface area contributed by atoms with Gasteiger partial charge in [-0.2, -0.15) is 0 Å². The number of para-hydroxylation sites is 1. The minimum atomic E-state index is -0.551. The van der Waals surface area contributed by atoms with Crippen molar-refractivity contribution in [3.8, 4) is 11.5 Å². The number of halogens is 1. The molecule has 2 aromatic rings. The standard InChI is InChI=1S/C19H21N3O5.ClH/c1-26-17-6-4-3-5-14(17)16-12-20-9-10-21(16)19(23)13-7-8-18(27-2)15(11-13)22(24)25;/h3-8,11,16,20H,9-10,12H2,1-2H3;1H. The van der Waals surface area contributed by atoms with Crippen LogP contribution in [0.25, 0.3) is 0 Å². The number of rotatable bonds is 5. The maximum Gasteiger partial charge on any atom is 0.311 e. The van der Waals surface area contributed by atoms with Crippen LogP contribution in [0.3, 0.4) is 0 Å². The number of methoxy groups -OCH3 is 2. The van der Waals surface area contributed by atoms with Crippen molar-refractivity contribution in [1.29, 1.82) is 0 Å². The van der Waals surface area contributed by atoms with Crippen LogP contribution >= 0.6 is 12.4 Å². The molecule has 1 aliphatic heterocycles. The van der Waals surface area contributed by atoms with Crippen LogP contribution in [-0.4, -0.2) is 49.6 Å². The molecule has 1 saturated heterocycles. The number of carbonyl (C=O) groups is 1. The van der Waals surface area contributed by atoms with Crippen molar-refractivity contribution in [1.82, 2.24) is 10.2 Å². The van der Waals surface area contributed by atoms with Crippen LogP contribution in [0.15, 0.2) is 42.5 Å². The number of carbonyl (C=O) groups excluding carboxylic acids is 1. The lowest BCUT2D eigenvalue weighted by Gasteiger charge is -2.37. The molecule has 1 unspecified atom stereocenters. The van der Waals surface area contributed by atoms with Gasteiger partial charge >= 0.3 is 5.69 Å². The monoisotopic (exact) mass is 407 g/mol. The van der Waals surface area contributed by atoms with Crippen LogP contribution in [-0.2, 0) is 0 Å². The van der Waals surface area contributed by atoms with Gasteiger partial charge in [0.15, 0.2) is 5.75 Å². The van der Waals surface area contributed by atoms with Gasteiger partial charge in [0.1, 0.15) is 5.75 Å². The Morgan fingerprint density at radius 1 is 1.18 bits per heavy atom. The van der Waals surface area contributed by atoms with Gasteiger partial charge in [-0.1, -0.05) is 18.2 Å². The third kappa shape index (κ3) is 4.18. The third-order valence-electron chi connectivity index (χ3n) is 4.62. The van der Waals surface area contributed by atoms with Crippen molar-refractivity contribution in [3.05, 3.63) is 63.7 Å². The average Bonchev–Trinajstić information content (AvgIpc) is 2.72. The summed E-state index contributed by atoms with van der Waals surface area (Å²) >= 11 is 0. The van der Waals surface area contributed by atoms with Gasteiger partial charge in [-0.05, 0) is 18.2 Å². The zero-order chi connectivity index (χ0) is 19.4. The molecular weight excluding hydrogens is 386 g/mol. The summed E-state index contributed by atoms with van der Waals surface area (Å²) in [6.07, 6.45) is 0. The largest absolute Gasteiger partial charge is 0.496 e. The van der Waals surface area contributed by atoms with E-state index >= 15 is 0 Å². The molecule has 0 aromatic heterocycles. The number of piperazine rings is 1. The number of amides is 1. The molecule has 1 atom stereocenters. The molecule has 1 aliphatic rings. The van der Waals surface area contributed by atoms with Crippen LogP contribution in [0.5, 0.6) is 11.5 Å². The first-order valence-electron chi connectivity index (χ1n) is 8.54. The van der Waals surface area contributed by atoms with Crippen LogP contribution in [0.2, 0.25) is 0 Å². The molecule has 1 amide bonds. The topological polar surface area (TPSA) is 93.9 Å². The predicted molar refractivity (Wildman–Crippen MR) is 107 cm³/mol. The van der Waals surface area contributed by atoms with E-state index in [1.165, 1.54) is 19.2 Å². The highest BCUT2D eigenvalue weighted by Crippen LogP contribution is 2.33. The summed E-state index contributed by atoms with van der Waals surface area (Å²) in [5, 5.41) is 14.6. The molecule has 3 rings (SSSR count). The van der Waals surface area contributed by atoms with E-state index in [4.69, 9.17) is 9.47 Å². The van der Waals surface area contributed by atoms with Crippen molar-refractivity contribution in [2.24, 2.45) is 0 Å². The second-order valence-electron chi connectivity index (χ2n) is 6.10. The van der Waals surface area contributed by atoms with E-state index in [1.54, 1.807) is 18.1 Å². The Labute approximate surface area is 169 Å². The number of ether oxygens (including phenoxy) is 2. The minimum absolute atomic E-state index is 0. The zero-order valence-electron chi connectivity index (χ0n) is 15.6. The van der Waals surface area contributed by atoms with Gasteiger partial charge in [-0.25, -0.2) is 0 Å². The fourth-order valence-corrected chi connectivity index (χ4v) is 3.30. The molecule has 0 radical (unpaired) electrons. The Morgan fingerprint density at radius 3 is 2.57 bits per heavy atom. The highest BCUT2D eigenvalue weighted by Gasteiger charge is 2.31. The molecule has 2 aromatic carbocycles. The first-order chi connectivity index (χ1) is 13.1. The normalized spacial score (nSPS) is 16.1. The second kappa shape index (κ2) is 9.38. The lowest BCUT2D eigenvalue weighted by Crippen LogP contribution is -2.48. The van der Waals surface area contributed by atoms with Crippen molar-refractivity contribution in [3.63, 3.8) is 0 Å². The number of nitrogens with zero attached hydrogens (tertiary/aromatic N) is 2. The maximum atomic E-state index is 13.2. The van der Waals surface area contributed by atoms with E-state index in [-0.39, 0.29) is 41.4 Å². The molecule has 8 nitrogen and oxygen atoms in total. The second-order valence-corrected chi connectivity index (χ2v) is 6.10. The lowest BCUT2D eigenvalue weighted by molar-refractivity contribution is -0.385. The quantitative estimate of drug-likeness (QED) is 0.605. The molecule has 1 N–H and O–H groups in total. The third-order valence-corrected chi connectivity index (χ3v) is 4.62. The number of benzene rings is 2. The summed E-state index contributed by atoms with van der Waals surface area (Å²) < 4.78 is 10.5. The Hall–Kier alpha value is -2.84. The van der Waals surface area contributed by atoms with Gasteiger partial charge in [-0.3, -0.25) is 14.9 Å². The molecule has 0 bridgehead atoms. The van der Waals surface area contributed by atoms with Crippen molar-refractivity contribution in [2.75, 3.05) is 33.9 Å². The van der Waals surface area contributed by atoms with Crippen molar-refractivity contribution >= 4 is 24.0 Å². The highest BCUT2D eigenvalue weighted by molar-refractivity contribution is 5.95. The van der Waals surface area contributed by atoms with Gasteiger partial charge in [0.25, 0.3) is 5.91 Å². The molecule has 1 heterocycles. The molecule has 28 heavy (non-hydrogen) atoms.